The van der Waals surface area contributed by atoms with E-state index in [1.54, 1.807) is 41.1 Å². The highest BCUT2D eigenvalue weighted by Gasteiger charge is 2.18. The van der Waals surface area contributed by atoms with Crippen molar-refractivity contribution in [1.29, 1.82) is 0 Å². The number of aryl methyl sites for hydroxylation is 1. The smallest absolute Gasteiger partial charge is 0.265 e. The maximum atomic E-state index is 12.5. The number of para-hydroxylation sites is 3. The van der Waals surface area contributed by atoms with E-state index in [1.807, 2.05) is 25.1 Å². The first-order valence-corrected chi connectivity index (χ1v) is 8.94. The number of anilines is 1. The van der Waals surface area contributed by atoms with Gasteiger partial charge in [-0.1, -0.05) is 30.3 Å². The van der Waals surface area contributed by atoms with E-state index in [2.05, 4.69) is 9.82 Å². The summed E-state index contributed by atoms with van der Waals surface area (Å²) in [5, 5.41) is 4.00. The standard InChI is InChI=1S/C17H17N3O3S/c1-2-20-13-15(12-18-20)24(21,22)19-16-10-6-7-11-17(16)23-14-8-4-3-5-9-14/h3-13,19H,2H2,1H3. The van der Waals surface area contributed by atoms with Crippen molar-refractivity contribution in [2.45, 2.75) is 18.4 Å². The zero-order chi connectivity index (χ0) is 17.0. The Kier molecular flexibility index (Phi) is 4.52. The fourth-order valence-electron chi connectivity index (χ4n) is 2.12. The molecule has 0 fully saturated rings. The van der Waals surface area contributed by atoms with Crippen molar-refractivity contribution in [3.05, 3.63) is 67.0 Å². The fourth-order valence-corrected chi connectivity index (χ4v) is 3.14. The van der Waals surface area contributed by atoms with Gasteiger partial charge in [0.15, 0.2) is 5.75 Å². The molecule has 0 aliphatic rings. The predicted octanol–water partition coefficient (Wildman–Crippen LogP) is 3.50. The van der Waals surface area contributed by atoms with Crippen molar-refractivity contribution in [3.8, 4) is 11.5 Å². The first kappa shape index (κ1) is 16.1. The molecule has 1 aromatic heterocycles. The third-order valence-electron chi connectivity index (χ3n) is 3.35. The minimum Gasteiger partial charge on any atom is -0.455 e. The molecule has 7 heteroatoms. The van der Waals surface area contributed by atoms with Gasteiger partial charge in [-0.15, -0.1) is 0 Å². The molecular weight excluding hydrogens is 326 g/mol. The summed E-state index contributed by atoms with van der Waals surface area (Å²) in [6, 6.07) is 16.1. The van der Waals surface area contributed by atoms with Crippen molar-refractivity contribution >= 4 is 15.7 Å². The second kappa shape index (κ2) is 6.76. The van der Waals surface area contributed by atoms with Crippen LogP contribution in [0.15, 0.2) is 71.9 Å². The predicted molar refractivity (Wildman–Crippen MR) is 91.7 cm³/mol. The second-order valence-electron chi connectivity index (χ2n) is 5.05. The normalized spacial score (nSPS) is 11.2. The Balaban J connectivity index is 1.87. The number of nitrogens with one attached hydrogen (secondary N) is 1. The van der Waals surface area contributed by atoms with E-state index in [0.717, 1.165) is 0 Å². The maximum Gasteiger partial charge on any atom is 0.265 e. The minimum atomic E-state index is -3.73. The number of hydrogen-bond acceptors (Lipinski definition) is 4. The molecule has 124 valence electrons. The van der Waals surface area contributed by atoms with Crippen LogP contribution in [0.3, 0.4) is 0 Å². The van der Waals surface area contributed by atoms with Crippen LogP contribution in [0.2, 0.25) is 0 Å². The lowest BCUT2D eigenvalue weighted by molar-refractivity contribution is 0.485. The first-order chi connectivity index (χ1) is 11.6. The number of benzene rings is 2. The summed E-state index contributed by atoms with van der Waals surface area (Å²) in [6.07, 6.45) is 2.81. The summed E-state index contributed by atoms with van der Waals surface area (Å²) >= 11 is 0. The average molecular weight is 343 g/mol. The molecule has 0 radical (unpaired) electrons. The molecule has 0 saturated heterocycles. The molecule has 0 spiro atoms. The Hall–Kier alpha value is -2.80. The van der Waals surface area contributed by atoms with Crippen LogP contribution in [0.1, 0.15) is 6.92 Å². The van der Waals surface area contributed by atoms with Gasteiger partial charge in [-0.25, -0.2) is 8.42 Å². The van der Waals surface area contributed by atoms with Gasteiger partial charge >= 0.3 is 0 Å². The highest BCUT2D eigenvalue weighted by atomic mass is 32.2. The van der Waals surface area contributed by atoms with Gasteiger partial charge in [-0.05, 0) is 31.2 Å². The molecule has 3 rings (SSSR count). The Labute approximate surface area is 140 Å². The lowest BCUT2D eigenvalue weighted by Gasteiger charge is -2.12. The Bertz CT molecular complexity index is 921. The Morgan fingerprint density at radius 3 is 2.50 bits per heavy atom. The molecule has 1 heterocycles. The highest BCUT2D eigenvalue weighted by molar-refractivity contribution is 7.92. The van der Waals surface area contributed by atoms with Crippen LogP contribution in [0.5, 0.6) is 11.5 Å². The van der Waals surface area contributed by atoms with Crippen LogP contribution in [-0.4, -0.2) is 18.2 Å². The number of sulfonamides is 1. The van der Waals surface area contributed by atoms with Crippen molar-refractivity contribution in [2.24, 2.45) is 0 Å². The quantitative estimate of drug-likeness (QED) is 0.743. The van der Waals surface area contributed by atoms with E-state index < -0.39 is 10.0 Å². The van der Waals surface area contributed by atoms with Gasteiger partial charge in [-0.3, -0.25) is 9.40 Å². The third-order valence-corrected chi connectivity index (χ3v) is 4.67. The molecule has 0 saturated carbocycles. The van der Waals surface area contributed by atoms with Gasteiger partial charge in [-0.2, -0.15) is 5.10 Å². The summed E-state index contributed by atoms with van der Waals surface area (Å²) in [6.45, 7) is 2.49. The molecule has 6 nitrogen and oxygen atoms in total. The van der Waals surface area contributed by atoms with Crippen molar-refractivity contribution in [3.63, 3.8) is 0 Å². The lowest BCUT2D eigenvalue weighted by Crippen LogP contribution is -2.13. The van der Waals surface area contributed by atoms with Crippen molar-refractivity contribution in [1.82, 2.24) is 9.78 Å². The van der Waals surface area contributed by atoms with E-state index >= 15 is 0 Å². The largest absolute Gasteiger partial charge is 0.455 e. The molecule has 2 aromatic carbocycles. The highest BCUT2D eigenvalue weighted by Crippen LogP contribution is 2.30. The molecule has 0 unspecified atom stereocenters. The topological polar surface area (TPSA) is 73.2 Å². The molecule has 0 amide bonds. The van der Waals surface area contributed by atoms with Crippen LogP contribution in [0, 0.1) is 0 Å². The Morgan fingerprint density at radius 1 is 1.08 bits per heavy atom. The van der Waals surface area contributed by atoms with Crippen LogP contribution in [0.4, 0.5) is 5.69 Å². The molecule has 0 aliphatic heterocycles. The molecule has 0 bridgehead atoms. The second-order valence-corrected chi connectivity index (χ2v) is 6.73. The molecule has 3 aromatic rings. The molecule has 1 N–H and O–H groups in total. The van der Waals surface area contributed by atoms with Gasteiger partial charge in [0.05, 0.1) is 11.9 Å². The Morgan fingerprint density at radius 2 is 1.79 bits per heavy atom. The molecule has 0 atom stereocenters. The zero-order valence-corrected chi connectivity index (χ0v) is 13.9. The fraction of sp³-hybridized carbons (Fsp3) is 0.118. The van der Waals surface area contributed by atoms with Crippen LogP contribution >= 0.6 is 0 Å². The summed E-state index contributed by atoms with van der Waals surface area (Å²) in [4.78, 5) is 0.110. The lowest BCUT2D eigenvalue weighted by atomic mass is 10.3. The minimum absolute atomic E-state index is 0.110. The summed E-state index contributed by atoms with van der Waals surface area (Å²) in [5.74, 6) is 1.05. The summed E-state index contributed by atoms with van der Waals surface area (Å²) in [7, 11) is -3.73. The monoisotopic (exact) mass is 343 g/mol. The van der Waals surface area contributed by atoms with Crippen LogP contribution in [0.25, 0.3) is 0 Å². The molecule has 0 aliphatic carbocycles. The SMILES string of the molecule is CCn1cc(S(=O)(=O)Nc2ccccc2Oc2ccccc2)cn1. The van der Waals surface area contributed by atoms with Crippen LogP contribution in [-0.2, 0) is 16.6 Å². The number of hydrogen-bond donors (Lipinski definition) is 1. The van der Waals surface area contributed by atoms with Gasteiger partial charge in [0.2, 0.25) is 0 Å². The number of aromatic nitrogens is 2. The van der Waals surface area contributed by atoms with E-state index in [0.29, 0.717) is 23.7 Å². The van der Waals surface area contributed by atoms with E-state index in [1.165, 1.54) is 12.4 Å². The van der Waals surface area contributed by atoms with Gasteiger partial charge < -0.3 is 4.74 Å². The summed E-state index contributed by atoms with van der Waals surface area (Å²) in [5.41, 5.74) is 0.366. The van der Waals surface area contributed by atoms with Gasteiger partial charge in [0, 0.05) is 12.7 Å². The maximum absolute atomic E-state index is 12.5. The average Bonchev–Trinajstić information content (AvgIpc) is 3.08. The number of nitrogens with zero attached hydrogens (tertiary/aromatic N) is 2. The van der Waals surface area contributed by atoms with E-state index in [-0.39, 0.29) is 4.90 Å². The number of rotatable bonds is 6. The van der Waals surface area contributed by atoms with E-state index in [4.69, 9.17) is 4.74 Å². The van der Waals surface area contributed by atoms with Gasteiger partial charge in [0.1, 0.15) is 10.6 Å². The van der Waals surface area contributed by atoms with E-state index in [9.17, 15) is 8.42 Å². The zero-order valence-electron chi connectivity index (χ0n) is 13.1. The first-order valence-electron chi connectivity index (χ1n) is 7.45. The van der Waals surface area contributed by atoms with Gasteiger partial charge in [0.25, 0.3) is 10.0 Å². The third kappa shape index (κ3) is 3.57. The van der Waals surface area contributed by atoms with Crippen LogP contribution < -0.4 is 9.46 Å². The van der Waals surface area contributed by atoms with Crippen molar-refractivity contribution in [2.75, 3.05) is 4.72 Å². The molecule has 24 heavy (non-hydrogen) atoms. The van der Waals surface area contributed by atoms with Crippen molar-refractivity contribution < 1.29 is 13.2 Å². The molecular formula is C17H17N3O3S. The summed E-state index contributed by atoms with van der Waals surface area (Å²) < 4.78 is 34.9. The number of ether oxygens (including phenoxy) is 1.